The van der Waals surface area contributed by atoms with E-state index in [0.717, 1.165) is 26.8 Å². The number of hydrogen-bond acceptors (Lipinski definition) is 4. The van der Waals surface area contributed by atoms with E-state index in [2.05, 4.69) is 9.97 Å². The molecule has 88 valence electrons. The summed E-state index contributed by atoms with van der Waals surface area (Å²) in [6.07, 6.45) is 2.08. The lowest BCUT2D eigenvalue weighted by atomic mass is 10.1. The number of rotatable bonds is 3. The number of thiazole rings is 1. The number of ketones is 1. The summed E-state index contributed by atoms with van der Waals surface area (Å²) in [5.41, 5.74) is 2.73. The van der Waals surface area contributed by atoms with Gasteiger partial charge in [0.15, 0.2) is 5.78 Å². The van der Waals surface area contributed by atoms with E-state index in [4.69, 9.17) is 0 Å². The Kier molecular flexibility index (Phi) is 3.33. The second-order valence-electron chi connectivity index (χ2n) is 4.01. The highest BCUT2D eigenvalue weighted by atomic mass is 32.1. The summed E-state index contributed by atoms with van der Waals surface area (Å²) in [5.74, 6) is 0.106. The molecule has 2 aromatic rings. The molecule has 0 saturated carbocycles. The van der Waals surface area contributed by atoms with Crippen LogP contribution in [0.5, 0.6) is 0 Å². The van der Waals surface area contributed by atoms with Gasteiger partial charge in [0.1, 0.15) is 0 Å². The maximum absolute atomic E-state index is 12.1. The van der Waals surface area contributed by atoms with Crippen LogP contribution in [0.1, 0.15) is 31.6 Å². The van der Waals surface area contributed by atoms with Crippen LogP contribution < -0.4 is 0 Å². The number of hydrogen-bond donors (Lipinski definition) is 0. The fraction of sp³-hybridized carbons (Fsp3) is 0.308. The SMILES string of the molecule is Cc1nc(C)c(C(=O)Cc2ncccc2C)s1. The van der Waals surface area contributed by atoms with E-state index in [1.807, 2.05) is 32.9 Å². The molecule has 0 aliphatic carbocycles. The van der Waals surface area contributed by atoms with Crippen molar-refractivity contribution in [1.82, 2.24) is 9.97 Å². The Morgan fingerprint density at radius 1 is 1.35 bits per heavy atom. The molecular weight excluding hydrogens is 232 g/mol. The number of Topliss-reactive ketones (excluding diaryl/α,β-unsaturated/α-hetero) is 1. The van der Waals surface area contributed by atoms with Crippen molar-refractivity contribution in [3.8, 4) is 0 Å². The number of carbonyl (C=O) groups excluding carboxylic acids is 1. The van der Waals surface area contributed by atoms with E-state index < -0.39 is 0 Å². The van der Waals surface area contributed by atoms with Gasteiger partial charge in [0.05, 0.1) is 27.7 Å². The van der Waals surface area contributed by atoms with Gasteiger partial charge in [0, 0.05) is 6.20 Å². The summed E-state index contributed by atoms with van der Waals surface area (Å²) in [5, 5.41) is 0.934. The zero-order valence-corrected chi connectivity index (χ0v) is 11.0. The monoisotopic (exact) mass is 246 g/mol. The smallest absolute Gasteiger partial charge is 0.180 e. The number of aromatic nitrogens is 2. The van der Waals surface area contributed by atoms with Crippen LogP contribution in [-0.4, -0.2) is 15.8 Å². The Morgan fingerprint density at radius 3 is 2.71 bits per heavy atom. The average molecular weight is 246 g/mol. The number of nitrogens with zero attached hydrogens (tertiary/aromatic N) is 2. The third kappa shape index (κ3) is 2.58. The molecule has 0 aliphatic rings. The lowest BCUT2D eigenvalue weighted by Crippen LogP contribution is -2.06. The molecular formula is C13H14N2OS. The minimum Gasteiger partial charge on any atom is -0.293 e. The third-order valence-electron chi connectivity index (χ3n) is 2.60. The van der Waals surface area contributed by atoms with Crippen LogP contribution in [-0.2, 0) is 6.42 Å². The summed E-state index contributed by atoms with van der Waals surface area (Å²) in [7, 11) is 0. The lowest BCUT2D eigenvalue weighted by molar-refractivity contribution is 0.0995. The maximum atomic E-state index is 12.1. The molecule has 0 aromatic carbocycles. The first-order valence-electron chi connectivity index (χ1n) is 5.45. The standard InChI is InChI=1S/C13H14N2OS/c1-8-5-4-6-14-11(8)7-12(16)13-9(2)15-10(3)17-13/h4-6H,7H2,1-3H3. The highest BCUT2D eigenvalue weighted by Crippen LogP contribution is 2.19. The molecule has 0 fully saturated rings. The second kappa shape index (κ2) is 4.75. The van der Waals surface area contributed by atoms with Crippen molar-refractivity contribution < 1.29 is 4.79 Å². The van der Waals surface area contributed by atoms with Gasteiger partial charge < -0.3 is 0 Å². The van der Waals surface area contributed by atoms with Crippen LogP contribution in [0.4, 0.5) is 0 Å². The first kappa shape index (κ1) is 11.9. The van der Waals surface area contributed by atoms with Gasteiger partial charge in [-0.25, -0.2) is 4.98 Å². The molecule has 0 atom stereocenters. The van der Waals surface area contributed by atoms with Gasteiger partial charge in [0.25, 0.3) is 0 Å². The molecule has 0 amide bonds. The first-order chi connectivity index (χ1) is 8.08. The fourth-order valence-electron chi connectivity index (χ4n) is 1.73. The Morgan fingerprint density at radius 2 is 2.12 bits per heavy atom. The van der Waals surface area contributed by atoms with Gasteiger partial charge in [-0.05, 0) is 32.4 Å². The van der Waals surface area contributed by atoms with E-state index in [9.17, 15) is 4.79 Å². The van der Waals surface area contributed by atoms with E-state index in [1.54, 1.807) is 6.20 Å². The van der Waals surface area contributed by atoms with Crippen molar-refractivity contribution in [3.05, 3.63) is 45.2 Å². The largest absolute Gasteiger partial charge is 0.293 e. The summed E-state index contributed by atoms with van der Waals surface area (Å²) >= 11 is 1.46. The van der Waals surface area contributed by atoms with Crippen LogP contribution in [0.2, 0.25) is 0 Å². The van der Waals surface area contributed by atoms with Crippen LogP contribution in [0.25, 0.3) is 0 Å². The van der Waals surface area contributed by atoms with Gasteiger partial charge in [0.2, 0.25) is 0 Å². The molecule has 0 N–H and O–H groups in total. The van der Waals surface area contributed by atoms with E-state index in [1.165, 1.54) is 11.3 Å². The van der Waals surface area contributed by atoms with Gasteiger partial charge >= 0.3 is 0 Å². The number of pyridine rings is 1. The van der Waals surface area contributed by atoms with Crippen LogP contribution in [0.15, 0.2) is 18.3 Å². The molecule has 2 rings (SSSR count). The second-order valence-corrected chi connectivity index (χ2v) is 5.22. The molecule has 0 unspecified atom stereocenters. The highest BCUT2D eigenvalue weighted by molar-refractivity contribution is 7.13. The zero-order chi connectivity index (χ0) is 12.4. The minimum atomic E-state index is 0.106. The van der Waals surface area contributed by atoms with Gasteiger partial charge in [-0.2, -0.15) is 0 Å². The molecule has 0 radical (unpaired) electrons. The van der Waals surface area contributed by atoms with E-state index in [-0.39, 0.29) is 5.78 Å². The Hall–Kier alpha value is -1.55. The molecule has 2 aromatic heterocycles. The number of carbonyl (C=O) groups is 1. The topological polar surface area (TPSA) is 42.9 Å². The van der Waals surface area contributed by atoms with E-state index in [0.29, 0.717) is 6.42 Å². The molecule has 0 saturated heterocycles. The quantitative estimate of drug-likeness (QED) is 0.782. The van der Waals surface area contributed by atoms with Gasteiger partial charge in [-0.1, -0.05) is 6.07 Å². The van der Waals surface area contributed by atoms with Crippen LogP contribution in [0, 0.1) is 20.8 Å². The normalized spacial score (nSPS) is 10.5. The summed E-state index contributed by atoms with van der Waals surface area (Å²) in [6, 6.07) is 3.85. The molecule has 0 spiro atoms. The van der Waals surface area contributed by atoms with Crippen LogP contribution in [0.3, 0.4) is 0 Å². The summed E-state index contributed by atoms with van der Waals surface area (Å²) < 4.78 is 0. The minimum absolute atomic E-state index is 0.106. The maximum Gasteiger partial charge on any atom is 0.180 e. The first-order valence-corrected chi connectivity index (χ1v) is 6.27. The predicted molar refractivity (Wildman–Crippen MR) is 68.6 cm³/mol. The van der Waals surface area contributed by atoms with Gasteiger partial charge in [-0.3, -0.25) is 9.78 Å². The van der Waals surface area contributed by atoms with Crippen molar-refractivity contribution in [3.63, 3.8) is 0 Å². The van der Waals surface area contributed by atoms with Crippen molar-refractivity contribution in [2.24, 2.45) is 0 Å². The average Bonchev–Trinajstić information content (AvgIpc) is 2.61. The molecule has 17 heavy (non-hydrogen) atoms. The van der Waals surface area contributed by atoms with Crippen molar-refractivity contribution in [2.45, 2.75) is 27.2 Å². The van der Waals surface area contributed by atoms with Gasteiger partial charge in [-0.15, -0.1) is 11.3 Å². The Balaban J connectivity index is 2.23. The molecule has 2 heterocycles. The third-order valence-corrected chi connectivity index (χ3v) is 3.72. The molecule has 3 nitrogen and oxygen atoms in total. The highest BCUT2D eigenvalue weighted by Gasteiger charge is 2.15. The Bertz CT molecular complexity index is 560. The molecule has 0 bridgehead atoms. The fourth-order valence-corrected chi connectivity index (χ4v) is 2.58. The van der Waals surface area contributed by atoms with Crippen LogP contribution >= 0.6 is 11.3 Å². The van der Waals surface area contributed by atoms with Crippen molar-refractivity contribution in [2.75, 3.05) is 0 Å². The summed E-state index contributed by atoms with van der Waals surface area (Å²) in [6.45, 7) is 5.77. The predicted octanol–water partition coefficient (Wildman–Crippen LogP) is 2.89. The molecule has 0 aliphatic heterocycles. The lowest BCUT2D eigenvalue weighted by Gasteiger charge is -2.02. The number of aryl methyl sites for hydroxylation is 3. The van der Waals surface area contributed by atoms with Crippen molar-refractivity contribution >= 4 is 17.1 Å². The molecule has 4 heteroatoms. The van der Waals surface area contributed by atoms with E-state index >= 15 is 0 Å². The summed E-state index contributed by atoms with van der Waals surface area (Å²) in [4.78, 5) is 21.4. The Labute approximate surface area is 105 Å². The van der Waals surface area contributed by atoms with Crippen molar-refractivity contribution in [1.29, 1.82) is 0 Å². The zero-order valence-electron chi connectivity index (χ0n) is 10.2.